The van der Waals surface area contributed by atoms with Crippen LogP contribution in [0.1, 0.15) is 22.5 Å². The minimum Gasteiger partial charge on any atom is -0.496 e. The van der Waals surface area contributed by atoms with Gasteiger partial charge in [0.05, 0.1) is 25.7 Å². The van der Waals surface area contributed by atoms with Gasteiger partial charge < -0.3 is 20.2 Å². The van der Waals surface area contributed by atoms with Gasteiger partial charge in [-0.2, -0.15) is 0 Å². The molecule has 6 heteroatoms. The van der Waals surface area contributed by atoms with E-state index in [1.54, 1.807) is 19.5 Å². The number of aromatic nitrogens is 2. The molecule has 0 aliphatic carbocycles. The van der Waals surface area contributed by atoms with Crippen molar-refractivity contribution >= 4 is 5.84 Å². The maximum atomic E-state index is 8.76. The van der Waals surface area contributed by atoms with E-state index >= 15 is 0 Å². The highest BCUT2D eigenvalue weighted by Gasteiger charge is 2.10. The fourth-order valence-corrected chi connectivity index (χ4v) is 2.01. The van der Waals surface area contributed by atoms with Gasteiger partial charge in [0.25, 0.3) is 0 Å². The molecule has 0 saturated heterocycles. The maximum absolute atomic E-state index is 8.76. The van der Waals surface area contributed by atoms with Gasteiger partial charge in [-0.15, -0.1) is 0 Å². The second-order valence-corrected chi connectivity index (χ2v) is 4.56. The summed E-state index contributed by atoms with van der Waals surface area (Å²) in [4.78, 5) is 4.28. The van der Waals surface area contributed by atoms with Crippen molar-refractivity contribution in [3.05, 3.63) is 47.0 Å². The minimum absolute atomic E-state index is 0.0763. The molecule has 1 aromatic carbocycles. The molecule has 1 heterocycles. The van der Waals surface area contributed by atoms with Crippen LogP contribution in [0.2, 0.25) is 0 Å². The molecule has 0 atom stereocenters. The maximum Gasteiger partial charge on any atom is 0.170 e. The summed E-state index contributed by atoms with van der Waals surface area (Å²) < 4.78 is 7.39. The zero-order valence-corrected chi connectivity index (χ0v) is 11.8. The van der Waals surface area contributed by atoms with Gasteiger partial charge in [0, 0.05) is 16.8 Å². The van der Waals surface area contributed by atoms with E-state index in [0.29, 0.717) is 12.1 Å². The van der Waals surface area contributed by atoms with Gasteiger partial charge in [0.15, 0.2) is 5.84 Å². The minimum atomic E-state index is 0.0763. The number of ether oxygens (including phenoxy) is 1. The van der Waals surface area contributed by atoms with Gasteiger partial charge >= 0.3 is 0 Å². The predicted octanol–water partition coefficient (Wildman–Crippen LogP) is 1.65. The number of imidazole rings is 1. The Labute approximate surface area is 117 Å². The number of hydrogen-bond donors (Lipinski definition) is 2. The summed E-state index contributed by atoms with van der Waals surface area (Å²) in [6.45, 7) is 4.60. The van der Waals surface area contributed by atoms with Crippen molar-refractivity contribution in [2.24, 2.45) is 10.9 Å². The van der Waals surface area contributed by atoms with Crippen LogP contribution in [0.15, 0.2) is 29.7 Å². The summed E-state index contributed by atoms with van der Waals surface area (Å²) >= 11 is 0. The quantitative estimate of drug-likeness (QED) is 0.384. The Balaban J connectivity index is 2.41. The highest BCUT2D eigenvalue weighted by atomic mass is 16.5. The smallest absolute Gasteiger partial charge is 0.170 e. The standard InChI is InChI=1S/C14H18N4O2/c1-9-10(2)18(8-16-9)7-12-6-11(14(15)17-19)4-5-13(12)20-3/h4-6,8,19H,7H2,1-3H3,(H2,15,17). The van der Waals surface area contributed by atoms with Crippen LogP contribution in [0, 0.1) is 13.8 Å². The van der Waals surface area contributed by atoms with Crippen molar-refractivity contribution in [2.45, 2.75) is 20.4 Å². The normalized spacial score (nSPS) is 11.7. The lowest BCUT2D eigenvalue weighted by Crippen LogP contribution is -2.14. The van der Waals surface area contributed by atoms with E-state index in [1.165, 1.54) is 0 Å². The van der Waals surface area contributed by atoms with Crippen molar-refractivity contribution in [1.82, 2.24) is 9.55 Å². The number of aryl methyl sites for hydroxylation is 1. The van der Waals surface area contributed by atoms with Gasteiger partial charge in [0.2, 0.25) is 0 Å². The Morgan fingerprint density at radius 1 is 1.45 bits per heavy atom. The zero-order chi connectivity index (χ0) is 14.7. The molecular weight excluding hydrogens is 256 g/mol. The summed E-state index contributed by atoms with van der Waals surface area (Å²) in [5.74, 6) is 0.831. The number of oxime groups is 1. The molecule has 2 rings (SSSR count). The van der Waals surface area contributed by atoms with E-state index in [-0.39, 0.29) is 5.84 Å². The number of rotatable bonds is 4. The van der Waals surface area contributed by atoms with E-state index in [4.69, 9.17) is 15.7 Å². The molecule has 0 unspecified atom stereocenters. The van der Waals surface area contributed by atoms with Crippen LogP contribution in [0.5, 0.6) is 5.75 Å². The number of benzene rings is 1. The van der Waals surface area contributed by atoms with Crippen LogP contribution in [-0.4, -0.2) is 27.7 Å². The van der Waals surface area contributed by atoms with Crippen LogP contribution in [0.3, 0.4) is 0 Å². The first-order valence-corrected chi connectivity index (χ1v) is 6.20. The molecule has 3 N–H and O–H groups in total. The average molecular weight is 274 g/mol. The lowest BCUT2D eigenvalue weighted by atomic mass is 10.1. The van der Waals surface area contributed by atoms with Gasteiger partial charge in [-0.05, 0) is 32.0 Å². The van der Waals surface area contributed by atoms with Crippen molar-refractivity contribution in [3.8, 4) is 5.75 Å². The van der Waals surface area contributed by atoms with Crippen molar-refractivity contribution < 1.29 is 9.94 Å². The fraction of sp³-hybridized carbons (Fsp3) is 0.286. The molecule has 20 heavy (non-hydrogen) atoms. The summed E-state index contributed by atoms with van der Waals surface area (Å²) in [6.07, 6.45) is 1.79. The van der Waals surface area contributed by atoms with Gasteiger partial charge in [-0.25, -0.2) is 4.98 Å². The zero-order valence-electron chi connectivity index (χ0n) is 11.8. The largest absolute Gasteiger partial charge is 0.496 e. The number of hydrogen-bond acceptors (Lipinski definition) is 4. The molecule has 106 valence electrons. The average Bonchev–Trinajstić information content (AvgIpc) is 2.78. The molecule has 0 amide bonds. The van der Waals surface area contributed by atoms with Gasteiger partial charge in [-0.1, -0.05) is 5.16 Å². The lowest BCUT2D eigenvalue weighted by molar-refractivity contribution is 0.318. The molecule has 2 aromatic rings. The lowest BCUT2D eigenvalue weighted by Gasteiger charge is -2.12. The molecular formula is C14H18N4O2. The van der Waals surface area contributed by atoms with E-state index in [2.05, 4.69) is 10.1 Å². The summed E-state index contributed by atoms with van der Waals surface area (Å²) in [5.41, 5.74) is 9.31. The molecule has 0 saturated carbocycles. The monoisotopic (exact) mass is 274 g/mol. The summed E-state index contributed by atoms with van der Waals surface area (Å²) in [7, 11) is 1.62. The topological polar surface area (TPSA) is 85.7 Å². The highest BCUT2D eigenvalue weighted by molar-refractivity contribution is 5.97. The van der Waals surface area contributed by atoms with Gasteiger partial charge in [0.1, 0.15) is 5.75 Å². The second kappa shape index (κ2) is 5.64. The molecule has 0 spiro atoms. The van der Waals surface area contributed by atoms with E-state index in [9.17, 15) is 0 Å². The molecule has 6 nitrogen and oxygen atoms in total. The molecule has 1 aromatic heterocycles. The summed E-state index contributed by atoms with van der Waals surface area (Å²) in [5, 5.41) is 11.8. The Morgan fingerprint density at radius 2 is 2.20 bits per heavy atom. The van der Waals surface area contributed by atoms with Crippen molar-refractivity contribution in [3.63, 3.8) is 0 Å². The van der Waals surface area contributed by atoms with Crippen LogP contribution in [0.25, 0.3) is 0 Å². The van der Waals surface area contributed by atoms with Crippen LogP contribution in [-0.2, 0) is 6.54 Å². The first kappa shape index (κ1) is 13.9. The number of nitrogens with zero attached hydrogens (tertiary/aromatic N) is 3. The third-order valence-electron chi connectivity index (χ3n) is 3.37. The second-order valence-electron chi connectivity index (χ2n) is 4.56. The Hall–Kier alpha value is -2.50. The molecule has 0 aliphatic rings. The SMILES string of the molecule is COc1ccc(/C(N)=N/O)cc1Cn1cnc(C)c1C. The third kappa shape index (κ3) is 2.59. The highest BCUT2D eigenvalue weighted by Crippen LogP contribution is 2.22. The Bertz CT molecular complexity index is 647. The number of amidine groups is 1. The van der Waals surface area contributed by atoms with E-state index in [0.717, 1.165) is 22.7 Å². The first-order valence-electron chi connectivity index (χ1n) is 6.20. The number of methoxy groups -OCH3 is 1. The van der Waals surface area contributed by atoms with Crippen LogP contribution >= 0.6 is 0 Å². The predicted molar refractivity (Wildman–Crippen MR) is 76.3 cm³/mol. The van der Waals surface area contributed by atoms with Gasteiger partial charge in [-0.3, -0.25) is 0 Å². The molecule has 0 fully saturated rings. The van der Waals surface area contributed by atoms with E-state index in [1.807, 2.05) is 30.5 Å². The van der Waals surface area contributed by atoms with Crippen molar-refractivity contribution in [2.75, 3.05) is 7.11 Å². The van der Waals surface area contributed by atoms with Crippen LogP contribution < -0.4 is 10.5 Å². The fourth-order valence-electron chi connectivity index (χ4n) is 2.01. The number of nitrogens with two attached hydrogens (primary N) is 1. The van der Waals surface area contributed by atoms with E-state index < -0.39 is 0 Å². The summed E-state index contributed by atoms with van der Waals surface area (Å²) in [6, 6.07) is 5.41. The Kier molecular flexibility index (Phi) is 3.93. The molecule has 0 aliphatic heterocycles. The van der Waals surface area contributed by atoms with Crippen molar-refractivity contribution in [1.29, 1.82) is 0 Å². The third-order valence-corrected chi connectivity index (χ3v) is 3.37. The molecule has 0 radical (unpaired) electrons. The molecule has 0 bridgehead atoms. The van der Waals surface area contributed by atoms with Crippen LogP contribution in [0.4, 0.5) is 0 Å². The Morgan fingerprint density at radius 3 is 2.75 bits per heavy atom. The first-order chi connectivity index (χ1) is 9.56.